The summed E-state index contributed by atoms with van der Waals surface area (Å²) in [5, 5.41) is 11.9. The van der Waals surface area contributed by atoms with Gasteiger partial charge in [0.05, 0.1) is 16.2 Å². The van der Waals surface area contributed by atoms with E-state index in [2.05, 4.69) is 20.3 Å². The largest absolute Gasteiger partial charge is 0.332 e. The summed E-state index contributed by atoms with van der Waals surface area (Å²) in [7, 11) is -3.40. The van der Waals surface area contributed by atoms with Gasteiger partial charge in [0.1, 0.15) is 0 Å². The summed E-state index contributed by atoms with van der Waals surface area (Å²) in [6.07, 6.45) is 0.169. The number of para-hydroxylation sites is 1. The Morgan fingerprint density at radius 1 is 1.08 bits per heavy atom. The van der Waals surface area contributed by atoms with E-state index in [0.717, 1.165) is 16.5 Å². The van der Waals surface area contributed by atoms with Gasteiger partial charge in [-0.15, -0.1) is 0 Å². The van der Waals surface area contributed by atoms with Crippen molar-refractivity contribution >= 4 is 20.7 Å². The molecule has 8 heteroatoms. The average molecular weight is 368 g/mol. The van der Waals surface area contributed by atoms with Crippen LogP contribution < -0.4 is 0 Å². The molecule has 1 N–H and O–H groups in total. The minimum absolute atomic E-state index is 0.0870. The molecular weight excluding hydrogens is 352 g/mol. The molecule has 0 saturated heterocycles. The van der Waals surface area contributed by atoms with Crippen molar-refractivity contribution in [1.82, 2.24) is 20.3 Å². The molecule has 7 nitrogen and oxygen atoms in total. The lowest BCUT2D eigenvalue weighted by molar-refractivity contribution is 0.422. The number of aryl methyl sites for hydroxylation is 2. The van der Waals surface area contributed by atoms with Crippen molar-refractivity contribution in [3.05, 3.63) is 59.9 Å². The summed E-state index contributed by atoms with van der Waals surface area (Å²) in [4.78, 5) is 4.59. The summed E-state index contributed by atoms with van der Waals surface area (Å²) < 4.78 is 30.1. The molecule has 0 aliphatic rings. The number of nitrogens with one attached hydrogen (secondary N) is 1. The van der Waals surface area contributed by atoms with Gasteiger partial charge in [-0.2, -0.15) is 10.1 Å². The molecule has 0 radical (unpaired) electrons. The van der Waals surface area contributed by atoms with Gasteiger partial charge >= 0.3 is 0 Å². The van der Waals surface area contributed by atoms with Gasteiger partial charge in [-0.3, -0.25) is 5.10 Å². The molecule has 0 amide bonds. The Labute approximate surface area is 150 Å². The molecule has 4 aromatic rings. The molecule has 0 saturated carbocycles. The Hall–Kier alpha value is -3.00. The van der Waals surface area contributed by atoms with Crippen molar-refractivity contribution in [1.29, 1.82) is 0 Å². The van der Waals surface area contributed by atoms with Gasteiger partial charge < -0.3 is 4.52 Å². The zero-order valence-corrected chi connectivity index (χ0v) is 14.8. The lowest BCUT2D eigenvalue weighted by atomic mass is 10.2. The molecule has 0 unspecified atom stereocenters. The second kappa shape index (κ2) is 6.38. The molecule has 2 aromatic carbocycles. The number of H-pyrrole nitrogens is 1. The number of hydrogen-bond acceptors (Lipinski definition) is 6. The van der Waals surface area contributed by atoms with Crippen LogP contribution in [0.4, 0.5) is 0 Å². The van der Waals surface area contributed by atoms with E-state index in [9.17, 15) is 8.42 Å². The molecule has 0 atom stereocenters. The Morgan fingerprint density at radius 2 is 1.85 bits per heavy atom. The molecule has 132 valence electrons. The van der Waals surface area contributed by atoms with E-state index in [-0.39, 0.29) is 18.1 Å². The first-order valence-corrected chi connectivity index (χ1v) is 9.74. The third kappa shape index (κ3) is 3.11. The van der Waals surface area contributed by atoms with E-state index in [1.54, 1.807) is 24.3 Å². The van der Waals surface area contributed by atoms with E-state index in [1.165, 1.54) is 0 Å². The van der Waals surface area contributed by atoms with Gasteiger partial charge in [0.25, 0.3) is 5.89 Å². The lowest BCUT2D eigenvalue weighted by Crippen LogP contribution is -2.10. The zero-order chi connectivity index (χ0) is 18.1. The van der Waals surface area contributed by atoms with Crippen molar-refractivity contribution < 1.29 is 12.9 Å². The molecule has 0 spiro atoms. The van der Waals surface area contributed by atoms with Gasteiger partial charge in [-0.1, -0.05) is 41.1 Å². The standard InChI is InChI=1S/C18H16N4O3S/c1-12-6-8-13(9-7-12)26(23,24)11-10-16-19-18(25-22-16)17-14-4-2-3-5-15(14)20-21-17/h2-9H,10-11H2,1H3,(H,20,21). The first kappa shape index (κ1) is 16.5. The minimum atomic E-state index is -3.40. The van der Waals surface area contributed by atoms with E-state index in [0.29, 0.717) is 16.4 Å². The molecule has 0 fully saturated rings. The predicted octanol–water partition coefficient (Wildman–Crippen LogP) is 2.94. The summed E-state index contributed by atoms with van der Waals surface area (Å²) >= 11 is 0. The second-order valence-corrected chi connectivity index (χ2v) is 8.12. The number of benzene rings is 2. The van der Waals surface area contributed by atoms with Gasteiger partial charge in [-0.05, 0) is 25.1 Å². The SMILES string of the molecule is Cc1ccc(S(=O)(=O)CCc2noc(-c3n[nH]c4ccccc34)n2)cc1. The van der Waals surface area contributed by atoms with Crippen LogP contribution in [0.2, 0.25) is 0 Å². The van der Waals surface area contributed by atoms with Crippen LogP contribution in [0.5, 0.6) is 0 Å². The van der Waals surface area contributed by atoms with Crippen molar-refractivity contribution in [2.24, 2.45) is 0 Å². The fourth-order valence-electron chi connectivity index (χ4n) is 2.67. The number of hydrogen-bond donors (Lipinski definition) is 1. The Morgan fingerprint density at radius 3 is 2.65 bits per heavy atom. The maximum absolute atomic E-state index is 12.4. The number of nitrogens with zero attached hydrogens (tertiary/aromatic N) is 3. The highest BCUT2D eigenvalue weighted by atomic mass is 32.2. The monoisotopic (exact) mass is 368 g/mol. The molecule has 0 bridgehead atoms. The summed E-state index contributed by atoms with van der Waals surface area (Å²) in [5.41, 5.74) is 2.43. The van der Waals surface area contributed by atoms with Crippen LogP contribution in [0.25, 0.3) is 22.5 Å². The topological polar surface area (TPSA) is 102 Å². The third-order valence-corrected chi connectivity index (χ3v) is 5.85. The molecule has 2 heterocycles. The highest BCUT2D eigenvalue weighted by molar-refractivity contribution is 7.91. The van der Waals surface area contributed by atoms with Crippen LogP contribution in [-0.4, -0.2) is 34.5 Å². The fraction of sp³-hybridized carbons (Fsp3) is 0.167. The highest BCUT2D eigenvalue weighted by Gasteiger charge is 2.18. The molecule has 0 aliphatic heterocycles. The molecule has 2 aromatic heterocycles. The van der Waals surface area contributed by atoms with Gasteiger partial charge in [0, 0.05) is 11.8 Å². The number of aromatic nitrogens is 4. The fourth-order valence-corrected chi connectivity index (χ4v) is 3.91. The average Bonchev–Trinajstić information content (AvgIpc) is 3.27. The minimum Gasteiger partial charge on any atom is -0.332 e. The highest BCUT2D eigenvalue weighted by Crippen LogP contribution is 2.24. The second-order valence-electron chi connectivity index (χ2n) is 6.02. The number of aromatic amines is 1. The predicted molar refractivity (Wildman–Crippen MR) is 96.3 cm³/mol. The Bertz CT molecular complexity index is 1160. The molecule has 4 rings (SSSR count). The molecule has 26 heavy (non-hydrogen) atoms. The number of rotatable bonds is 5. The number of fused-ring (bicyclic) bond motifs is 1. The Balaban J connectivity index is 1.53. The smallest absolute Gasteiger partial charge is 0.279 e. The van der Waals surface area contributed by atoms with Crippen molar-refractivity contribution in [3.63, 3.8) is 0 Å². The van der Waals surface area contributed by atoms with Gasteiger partial charge in [-0.25, -0.2) is 8.42 Å². The van der Waals surface area contributed by atoms with Gasteiger partial charge in [0.2, 0.25) is 0 Å². The van der Waals surface area contributed by atoms with E-state index in [1.807, 2.05) is 31.2 Å². The summed E-state index contributed by atoms with van der Waals surface area (Å²) in [6.45, 7) is 1.91. The first-order valence-electron chi connectivity index (χ1n) is 8.08. The maximum atomic E-state index is 12.4. The van der Waals surface area contributed by atoms with E-state index in [4.69, 9.17) is 4.52 Å². The Kier molecular flexibility index (Phi) is 4.04. The van der Waals surface area contributed by atoms with Crippen molar-refractivity contribution in [2.75, 3.05) is 5.75 Å². The summed E-state index contributed by atoms with van der Waals surface area (Å²) in [6, 6.07) is 14.4. The van der Waals surface area contributed by atoms with Crippen LogP contribution in [-0.2, 0) is 16.3 Å². The van der Waals surface area contributed by atoms with Crippen LogP contribution in [0, 0.1) is 6.92 Å². The van der Waals surface area contributed by atoms with E-state index < -0.39 is 9.84 Å². The van der Waals surface area contributed by atoms with E-state index >= 15 is 0 Å². The lowest BCUT2D eigenvalue weighted by Gasteiger charge is -2.03. The van der Waals surface area contributed by atoms with Crippen LogP contribution in [0.3, 0.4) is 0 Å². The van der Waals surface area contributed by atoms with Crippen molar-refractivity contribution in [2.45, 2.75) is 18.2 Å². The van der Waals surface area contributed by atoms with Crippen LogP contribution in [0.1, 0.15) is 11.4 Å². The van der Waals surface area contributed by atoms with Crippen LogP contribution in [0.15, 0.2) is 57.9 Å². The normalized spacial score (nSPS) is 11.9. The van der Waals surface area contributed by atoms with Crippen LogP contribution >= 0.6 is 0 Å². The third-order valence-electron chi connectivity index (χ3n) is 4.12. The molecule has 0 aliphatic carbocycles. The quantitative estimate of drug-likeness (QED) is 0.581. The zero-order valence-electron chi connectivity index (χ0n) is 14.0. The first-order chi connectivity index (χ1) is 12.5. The maximum Gasteiger partial charge on any atom is 0.279 e. The van der Waals surface area contributed by atoms with Crippen molar-refractivity contribution in [3.8, 4) is 11.6 Å². The number of sulfone groups is 1. The summed E-state index contributed by atoms with van der Waals surface area (Å²) in [5.74, 6) is 0.518. The molecular formula is C18H16N4O3S. The van der Waals surface area contributed by atoms with Gasteiger partial charge in [0.15, 0.2) is 21.4 Å².